The van der Waals surface area contributed by atoms with Crippen molar-refractivity contribution in [2.45, 2.75) is 26.9 Å². The molecule has 72 valence electrons. The number of carbonyl (C=O) groups is 1. The van der Waals surface area contributed by atoms with Crippen LogP contribution in [-0.4, -0.2) is 29.2 Å². The minimum atomic E-state index is -0.720. The Hall–Kier alpha value is -0.410. The summed E-state index contributed by atoms with van der Waals surface area (Å²) in [6.45, 7) is 5.32. The molecule has 0 saturated carbocycles. The zero-order valence-corrected chi connectivity index (χ0v) is 7.90. The fourth-order valence-electron chi connectivity index (χ4n) is 1.12. The molecule has 0 aliphatic rings. The second-order valence-electron chi connectivity index (χ2n) is 3.46. The number of carbonyl (C=O) groups excluding carboxylic acids is 1. The highest BCUT2D eigenvalue weighted by Crippen LogP contribution is 2.21. The average molecular weight is 174 g/mol. The lowest BCUT2D eigenvalue weighted by atomic mass is 9.83. The van der Waals surface area contributed by atoms with E-state index >= 15 is 0 Å². The summed E-state index contributed by atoms with van der Waals surface area (Å²) in [6, 6.07) is 0. The molecular weight excluding hydrogens is 156 g/mol. The molecule has 0 aromatic carbocycles. The molecular formula is C9H18O3. The van der Waals surface area contributed by atoms with E-state index in [1.54, 1.807) is 0 Å². The minimum Gasteiger partial charge on any atom is -0.394 e. The third kappa shape index (κ3) is 2.91. The highest BCUT2D eigenvalue weighted by atomic mass is 16.3. The highest BCUT2D eigenvalue weighted by Gasteiger charge is 2.24. The number of hydrogen-bond donors (Lipinski definition) is 2. The molecule has 0 radical (unpaired) electrons. The van der Waals surface area contributed by atoms with Crippen LogP contribution in [0.4, 0.5) is 0 Å². The van der Waals surface area contributed by atoms with E-state index in [0.717, 1.165) is 6.29 Å². The number of aliphatic hydroxyl groups excluding tert-OH is 2. The van der Waals surface area contributed by atoms with Crippen LogP contribution in [0.3, 0.4) is 0 Å². The Balaban J connectivity index is 4.07. The first-order valence-electron chi connectivity index (χ1n) is 4.28. The molecule has 3 nitrogen and oxygen atoms in total. The van der Waals surface area contributed by atoms with E-state index in [4.69, 9.17) is 5.11 Å². The van der Waals surface area contributed by atoms with Crippen LogP contribution < -0.4 is 0 Å². The Labute approximate surface area is 73.4 Å². The van der Waals surface area contributed by atoms with Gasteiger partial charge in [-0.25, -0.2) is 0 Å². The molecule has 0 amide bonds. The van der Waals surface area contributed by atoms with Crippen molar-refractivity contribution < 1.29 is 15.0 Å². The Morgan fingerprint density at radius 3 is 2.08 bits per heavy atom. The topological polar surface area (TPSA) is 57.5 Å². The van der Waals surface area contributed by atoms with E-state index < -0.39 is 6.10 Å². The van der Waals surface area contributed by atoms with Gasteiger partial charge in [0.15, 0.2) is 0 Å². The molecule has 0 aliphatic carbocycles. The zero-order valence-electron chi connectivity index (χ0n) is 7.90. The lowest BCUT2D eigenvalue weighted by Crippen LogP contribution is -2.30. The molecule has 0 saturated heterocycles. The Kier molecular flexibility index (Phi) is 5.09. The van der Waals surface area contributed by atoms with Crippen molar-refractivity contribution in [2.75, 3.05) is 6.61 Å². The monoisotopic (exact) mass is 174 g/mol. The van der Waals surface area contributed by atoms with Gasteiger partial charge in [0.25, 0.3) is 0 Å². The first-order valence-corrected chi connectivity index (χ1v) is 4.28. The zero-order chi connectivity index (χ0) is 9.72. The molecule has 4 atom stereocenters. The summed E-state index contributed by atoms with van der Waals surface area (Å²) < 4.78 is 0. The van der Waals surface area contributed by atoms with E-state index in [9.17, 15) is 9.90 Å². The largest absolute Gasteiger partial charge is 0.394 e. The van der Waals surface area contributed by atoms with Crippen LogP contribution in [0, 0.1) is 17.8 Å². The van der Waals surface area contributed by atoms with Gasteiger partial charge in [-0.1, -0.05) is 20.8 Å². The van der Waals surface area contributed by atoms with Crippen molar-refractivity contribution in [3.63, 3.8) is 0 Å². The van der Waals surface area contributed by atoms with Gasteiger partial charge in [-0.15, -0.1) is 0 Å². The lowest BCUT2D eigenvalue weighted by Gasteiger charge is -2.25. The molecule has 2 N–H and O–H groups in total. The van der Waals surface area contributed by atoms with Gasteiger partial charge in [-0.05, 0) is 11.8 Å². The van der Waals surface area contributed by atoms with Crippen LogP contribution in [0.1, 0.15) is 20.8 Å². The second-order valence-corrected chi connectivity index (χ2v) is 3.46. The molecule has 4 unspecified atom stereocenters. The minimum absolute atomic E-state index is 0.0461. The molecule has 0 aromatic heterocycles. The molecule has 0 fully saturated rings. The van der Waals surface area contributed by atoms with E-state index in [1.807, 2.05) is 20.8 Å². The third-order valence-electron chi connectivity index (χ3n) is 2.67. The van der Waals surface area contributed by atoms with E-state index in [0.29, 0.717) is 0 Å². The number of hydrogen-bond acceptors (Lipinski definition) is 3. The standard InChI is InChI=1S/C9H18O3/c1-6(4-10)7(2)8(3)9(12)5-11/h4,6-9,11-12H,5H2,1-3H3. The fraction of sp³-hybridized carbons (Fsp3) is 0.889. The van der Waals surface area contributed by atoms with Crippen molar-refractivity contribution in [2.24, 2.45) is 17.8 Å². The summed E-state index contributed by atoms with van der Waals surface area (Å²) in [5.41, 5.74) is 0. The van der Waals surface area contributed by atoms with Crippen LogP contribution in [0.5, 0.6) is 0 Å². The number of rotatable bonds is 5. The van der Waals surface area contributed by atoms with E-state index in [-0.39, 0.29) is 24.4 Å². The van der Waals surface area contributed by atoms with Gasteiger partial charge < -0.3 is 15.0 Å². The van der Waals surface area contributed by atoms with Crippen LogP contribution in [0.15, 0.2) is 0 Å². The Bertz CT molecular complexity index is 136. The van der Waals surface area contributed by atoms with Crippen molar-refractivity contribution >= 4 is 6.29 Å². The highest BCUT2D eigenvalue weighted by molar-refractivity contribution is 5.53. The predicted octanol–water partition coefficient (Wildman–Crippen LogP) is 0.447. The van der Waals surface area contributed by atoms with Crippen LogP contribution in [-0.2, 0) is 4.79 Å². The smallest absolute Gasteiger partial charge is 0.123 e. The van der Waals surface area contributed by atoms with Crippen LogP contribution >= 0.6 is 0 Å². The third-order valence-corrected chi connectivity index (χ3v) is 2.67. The van der Waals surface area contributed by atoms with E-state index in [2.05, 4.69) is 0 Å². The quantitative estimate of drug-likeness (QED) is 0.595. The SMILES string of the molecule is CC(C=O)C(C)C(C)C(O)CO. The summed E-state index contributed by atoms with van der Waals surface area (Å²) in [6.07, 6.45) is 0.160. The van der Waals surface area contributed by atoms with Gasteiger partial charge in [0.05, 0.1) is 12.7 Å². The number of aliphatic hydroxyl groups is 2. The molecule has 0 aromatic rings. The molecule has 0 spiro atoms. The van der Waals surface area contributed by atoms with Gasteiger partial charge in [-0.2, -0.15) is 0 Å². The summed E-state index contributed by atoms with van der Waals surface area (Å²) in [7, 11) is 0. The fourth-order valence-corrected chi connectivity index (χ4v) is 1.12. The Morgan fingerprint density at radius 2 is 1.75 bits per heavy atom. The van der Waals surface area contributed by atoms with E-state index in [1.165, 1.54) is 0 Å². The predicted molar refractivity (Wildman–Crippen MR) is 46.6 cm³/mol. The van der Waals surface area contributed by atoms with Crippen LogP contribution in [0.2, 0.25) is 0 Å². The van der Waals surface area contributed by atoms with Gasteiger partial charge in [-0.3, -0.25) is 0 Å². The first-order chi connectivity index (χ1) is 5.54. The molecule has 3 heteroatoms. The normalized spacial score (nSPS) is 21.1. The molecule has 0 bridgehead atoms. The maximum atomic E-state index is 10.4. The summed E-state index contributed by atoms with van der Waals surface area (Å²) in [4.78, 5) is 10.4. The Morgan fingerprint density at radius 1 is 1.25 bits per heavy atom. The maximum Gasteiger partial charge on any atom is 0.123 e. The summed E-state index contributed by atoms with van der Waals surface area (Å²) >= 11 is 0. The van der Waals surface area contributed by atoms with Crippen molar-refractivity contribution in [1.29, 1.82) is 0 Å². The van der Waals surface area contributed by atoms with Crippen molar-refractivity contribution in [3.8, 4) is 0 Å². The molecule has 0 aliphatic heterocycles. The van der Waals surface area contributed by atoms with Gasteiger partial charge in [0.2, 0.25) is 0 Å². The number of aldehydes is 1. The molecule has 0 heterocycles. The van der Waals surface area contributed by atoms with Crippen molar-refractivity contribution in [3.05, 3.63) is 0 Å². The first kappa shape index (κ1) is 11.6. The van der Waals surface area contributed by atoms with Crippen LogP contribution in [0.25, 0.3) is 0 Å². The van der Waals surface area contributed by atoms with Gasteiger partial charge >= 0.3 is 0 Å². The van der Waals surface area contributed by atoms with Gasteiger partial charge in [0, 0.05) is 5.92 Å². The van der Waals surface area contributed by atoms with Crippen molar-refractivity contribution in [1.82, 2.24) is 0 Å². The lowest BCUT2D eigenvalue weighted by molar-refractivity contribution is -0.113. The summed E-state index contributed by atoms with van der Waals surface area (Å²) in [5.74, 6) is -0.0129. The van der Waals surface area contributed by atoms with Gasteiger partial charge in [0.1, 0.15) is 6.29 Å². The average Bonchev–Trinajstić information content (AvgIpc) is 2.12. The molecule has 12 heavy (non-hydrogen) atoms. The molecule has 0 rings (SSSR count). The second kappa shape index (κ2) is 5.27. The summed E-state index contributed by atoms with van der Waals surface area (Å²) in [5, 5.41) is 17.9. The maximum absolute atomic E-state index is 10.4.